The monoisotopic (exact) mass is 516 g/mol. The summed E-state index contributed by atoms with van der Waals surface area (Å²) in [7, 11) is -8.46. The van der Waals surface area contributed by atoms with Crippen molar-refractivity contribution in [1.29, 1.82) is 0 Å². The summed E-state index contributed by atoms with van der Waals surface area (Å²) in [6.45, 7) is 16.2. The second-order valence-corrected chi connectivity index (χ2v) is 22.3. The van der Waals surface area contributed by atoms with Gasteiger partial charge in [-0.2, -0.15) is 0 Å². The van der Waals surface area contributed by atoms with Crippen LogP contribution in [0.4, 0.5) is 0 Å². The molecule has 0 heterocycles. The lowest BCUT2D eigenvalue weighted by atomic mass is 10.4. The third kappa shape index (κ3) is 7.04. The van der Waals surface area contributed by atoms with Crippen molar-refractivity contribution in [3.05, 3.63) is 98.6 Å². The van der Waals surface area contributed by atoms with Gasteiger partial charge in [0.2, 0.25) is 0 Å². The fourth-order valence-corrected chi connectivity index (χ4v) is 21.4. The minimum atomic E-state index is -3.03. The SMILES string of the molecule is C=CC[Si](CC=C)(CC=C)O[Si](C)(C)O[Si](O[SiH2]O[SiH3])(c1ccccc1)c1ccccc1. The summed E-state index contributed by atoms with van der Waals surface area (Å²) >= 11 is 0. The van der Waals surface area contributed by atoms with Crippen molar-refractivity contribution in [2.75, 3.05) is 0 Å². The Balaban J connectivity index is 2.57. The van der Waals surface area contributed by atoms with Crippen molar-refractivity contribution < 1.29 is 16.5 Å². The molecule has 0 saturated heterocycles. The van der Waals surface area contributed by atoms with Gasteiger partial charge in [-0.1, -0.05) is 78.9 Å². The molecule has 0 aliphatic heterocycles. The van der Waals surface area contributed by atoms with Crippen LogP contribution in [0.25, 0.3) is 0 Å². The van der Waals surface area contributed by atoms with Crippen LogP contribution in [-0.2, 0) is 16.5 Å². The average molecular weight is 517 g/mol. The van der Waals surface area contributed by atoms with Crippen LogP contribution in [0.2, 0.25) is 31.2 Å². The molecule has 0 aliphatic rings. The zero-order valence-electron chi connectivity index (χ0n) is 19.6. The fraction of sp³-hybridized carbons (Fsp3) is 0.217. The highest BCUT2D eigenvalue weighted by Gasteiger charge is 2.50. The Morgan fingerprint density at radius 3 is 1.59 bits per heavy atom. The Morgan fingerprint density at radius 2 is 1.22 bits per heavy atom. The number of benzene rings is 2. The van der Waals surface area contributed by atoms with E-state index in [1.165, 1.54) is 0 Å². The minimum Gasteiger partial charge on any atom is -0.449 e. The maximum atomic E-state index is 7.13. The van der Waals surface area contributed by atoms with Crippen molar-refractivity contribution in [2.45, 2.75) is 31.2 Å². The third-order valence-corrected chi connectivity index (χ3v) is 20.2. The van der Waals surface area contributed by atoms with Crippen LogP contribution in [-0.4, -0.2) is 45.9 Å². The van der Waals surface area contributed by atoms with Gasteiger partial charge in [-0.05, 0) is 41.6 Å². The summed E-state index contributed by atoms with van der Waals surface area (Å²) in [5.41, 5.74) is 0. The topological polar surface area (TPSA) is 36.9 Å². The summed E-state index contributed by atoms with van der Waals surface area (Å²) in [6, 6.07) is 23.1. The maximum absolute atomic E-state index is 7.13. The van der Waals surface area contributed by atoms with E-state index in [4.69, 9.17) is 16.5 Å². The zero-order chi connectivity index (χ0) is 23.5. The van der Waals surface area contributed by atoms with E-state index in [0.29, 0.717) is 10.5 Å². The molecule has 2 aromatic rings. The van der Waals surface area contributed by atoms with Crippen molar-refractivity contribution >= 4 is 56.3 Å². The van der Waals surface area contributed by atoms with E-state index in [9.17, 15) is 0 Å². The molecule has 2 rings (SSSR count). The van der Waals surface area contributed by atoms with Gasteiger partial charge in [-0.15, -0.1) is 19.7 Å². The summed E-state index contributed by atoms with van der Waals surface area (Å²) in [4.78, 5) is 0. The number of hydrogen-bond donors (Lipinski definition) is 0. The number of allylic oxidation sites excluding steroid dienone is 3. The van der Waals surface area contributed by atoms with Gasteiger partial charge in [-0.3, -0.25) is 0 Å². The van der Waals surface area contributed by atoms with E-state index in [-0.39, 0.29) is 0 Å². The Labute approximate surface area is 202 Å². The Morgan fingerprint density at radius 1 is 0.781 bits per heavy atom. The number of rotatable bonds is 15. The first kappa shape index (κ1) is 26.8. The summed E-state index contributed by atoms with van der Waals surface area (Å²) in [5, 5.41) is 2.15. The molecule has 0 unspecified atom stereocenters. The second kappa shape index (κ2) is 12.7. The standard InChI is InChI=1S/C23H36O4Si5/c1-6-19-31(20-7-2,21-8-3)26-30(4,5)27-32(25-29-24-28,22-15-11-9-12-16-22)23-17-13-10-14-18-23/h6-18H,1-3,19-21,29H2,4-5,28H3. The quantitative estimate of drug-likeness (QED) is 0.269. The van der Waals surface area contributed by atoms with Crippen LogP contribution in [0.5, 0.6) is 0 Å². The van der Waals surface area contributed by atoms with Gasteiger partial charge in [0.05, 0.1) is 0 Å². The van der Waals surface area contributed by atoms with Gasteiger partial charge in [0.15, 0.2) is 8.32 Å². The van der Waals surface area contributed by atoms with Gasteiger partial charge in [0, 0.05) is 0 Å². The molecule has 0 fully saturated rings. The number of hydrogen-bond acceptors (Lipinski definition) is 4. The molecule has 0 N–H and O–H groups in total. The smallest absolute Gasteiger partial charge is 0.389 e. The normalized spacial score (nSPS) is 12.8. The van der Waals surface area contributed by atoms with Gasteiger partial charge in [0.1, 0.15) is 10.5 Å². The molecule has 0 aromatic heterocycles. The molecule has 0 radical (unpaired) electrons. The lowest BCUT2D eigenvalue weighted by Gasteiger charge is -2.42. The van der Waals surface area contributed by atoms with Crippen LogP contribution < -0.4 is 10.4 Å². The van der Waals surface area contributed by atoms with Crippen LogP contribution in [0.15, 0.2) is 98.6 Å². The van der Waals surface area contributed by atoms with E-state index >= 15 is 0 Å². The highest BCUT2D eigenvalue weighted by molar-refractivity contribution is 7.00. The third-order valence-electron chi connectivity index (χ3n) is 5.09. The van der Waals surface area contributed by atoms with Gasteiger partial charge >= 0.3 is 17.1 Å². The van der Waals surface area contributed by atoms with Crippen molar-refractivity contribution in [2.24, 2.45) is 0 Å². The molecule has 2 aromatic carbocycles. The lowest BCUT2D eigenvalue weighted by Crippen LogP contribution is -2.69. The van der Waals surface area contributed by atoms with Crippen LogP contribution >= 0.6 is 0 Å². The highest BCUT2D eigenvalue weighted by Crippen LogP contribution is 2.30. The average Bonchev–Trinajstić information content (AvgIpc) is 2.78. The highest BCUT2D eigenvalue weighted by atomic mass is 28.5. The molecule has 4 nitrogen and oxygen atoms in total. The van der Waals surface area contributed by atoms with E-state index < -0.39 is 35.4 Å². The van der Waals surface area contributed by atoms with Crippen molar-refractivity contribution in [3.8, 4) is 0 Å². The lowest BCUT2D eigenvalue weighted by molar-refractivity contribution is 0.333. The van der Waals surface area contributed by atoms with Crippen molar-refractivity contribution in [1.82, 2.24) is 0 Å². The van der Waals surface area contributed by atoms with Gasteiger partial charge < -0.3 is 16.5 Å². The molecule has 172 valence electrons. The van der Waals surface area contributed by atoms with E-state index in [1.807, 2.05) is 54.6 Å². The first-order valence-corrected chi connectivity index (χ1v) is 20.0. The fourth-order valence-electron chi connectivity index (χ4n) is 3.99. The van der Waals surface area contributed by atoms with Crippen LogP contribution in [0.3, 0.4) is 0 Å². The molecule has 0 bridgehead atoms. The summed E-state index contributed by atoms with van der Waals surface area (Å²) in [5.74, 6) is 0. The van der Waals surface area contributed by atoms with Crippen LogP contribution in [0.1, 0.15) is 0 Å². The van der Waals surface area contributed by atoms with E-state index in [2.05, 4.69) is 57.1 Å². The molecule has 0 amide bonds. The molecule has 0 spiro atoms. The Hall–Kier alpha value is -1.42. The predicted octanol–water partition coefficient (Wildman–Crippen LogP) is 2.79. The van der Waals surface area contributed by atoms with Crippen molar-refractivity contribution in [3.63, 3.8) is 0 Å². The molecule has 9 heteroatoms. The molecule has 0 saturated carbocycles. The largest absolute Gasteiger partial charge is 0.449 e. The van der Waals surface area contributed by atoms with E-state index in [1.54, 1.807) is 0 Å². The summed E-state index contributed by atoms with van der Waals surface area (Å²) in [6.07, 6.45) is 5.88. The first-order valence-electron chi connectivity index (χ1n) is 10.8. The minimum absolute atomic E-state index is 0.652. The molecular formula is C23H36O4Si5. The predicted molar refractivity (Wildman–Crippen MR) is 149 cm³/mol. The van der Waals surface area contributed by atoms with E-state index in [0.717, 1.165) is 28.5 Å². The second-order valence-electron chi connectivity index (χ2n) is 8.16. The van der Waals surface area contributed by atoms with Gasteiger partial charge in [0.25, 0.3) is 10.0 Å². The zero-order valence-corrected chi connectivity index (χ0v) is 26.0. The molecular weight excluding hydrogens is 481 g/mol. The Bertz CT molecular complexity index is 795. The summed E-state index contributed by atoms with van der Waals surface area (Å²) < 4.78 is 26.4. The maximum Gasteiger partial charge on any atom is 0.389 e. The molecule has 0 aliphatic carbocycles. The molecule has 0 atom stereocenters. The first-order chi connectivity index (χ1) is 15.4. The van der Waals surface area contributed by atoms with Gasteiger partial charge in [-0.25, -0.2) is 0 Å². The molecule has 32 heavy (non-hydrogen) atoms. The Kier molecular flexibility index (Phi) is 10.7. The van der Waals surface area contributed by atoms with Crippen LogP contribution in [0, 0.1) is 0 Å².